The van der Waals surface area contributed by atoms with Crippen LogP contribution in [0.2, 0.25) is 0 Å². The third-order valence-electron chi connectivity index (χ3n) is 3.34. The van der Waals surface area contributed by atoms with Crippen LogP contribution in [0.25, 0.3) is 0 Å². The minimum absolute atomic E-state index is 0.00342. The zero-order valence-corrected chi connectivity index (χ0v) is 13.6. The maximum absolute atomic E-state index is 12.2. The number of aliphatic hydroxyl groups excluding tert-OH is 1. The molecule has 0 aromatic heterocycles. The molecule has 0 heterocycles. The van der Waals surface area contributed by atoms with E-state index in [2.05, 4.69) is 9.46 Å². The molecule has 0 aliphatic rings. The molecule has 8 heteroatoms. The number of hydrogen-bond donors (Lipinski definition) is 3. The highest BCUT2D eigenvalue weighted by Crippen LogP contribution is 2.17. The lowest BCUT2D eigenvalue weighted by Crippen LogP contribution is -2.57. The number of methoxy groups -OCH3 is 1. The first-order valence-corrected chi connectivity index (χ1v) is 8.21. The van der Waals surface area contributed by atoms with E-state index in [9.17, 15) is 23.4 Å². The molecule has 1 rings (SSSR count). The van der Waals surface area contributed by atoms with Gasteiger partial charge in [-0.15, -0.1) is 0 Å². The predicted octanol–water partition coefficient (Wildman–Crippen LogP) is -0.0517. The van der Waals surface area contributed by atoms with E-state index in [1.165, 1.54) is 12.1 Å². The summed E-state index contributed by atoms with van der Waals surface area (Å²) in [5, 5.41) is 20.0. The molecule has 0 spiro atoms. The fraction of sp³-hybridized carbons (Fsp3) is 0.500. The summed E-state index contributed by atoms with van der Waals surface area (Å²) in [7, 11) is -2.88. The summed E-state index contributed by atoms with van der Waals surface area (Å²) >= 11 is 0. The summed E-state index contributed by atoms with van der Waals surface area (Å²) in [5.74, 6) is -1.10. The smallest absolute Gasteiger partial charge is 0.342 e. The van der Waals surface area contributed by atoms with Gasteiger partial charge >= 0.3 is 5.97 Å². The molecule has 0 unspecified atom stereocenters. The monoisotopic (exact) mass is 331 g/mol. The van der Waals surface area contributed by atoms with E-state index in [1.54, 1.807) is 19.1 Å². The highest BCUT2D eigenvalue weighted by molar-refractivity contribution is 7.89. The van der Waals surface area contributed by atoms with Crippen molar-refractivity contribution in [2.24, 2.45) is 0 Å². The highest BCUT2D eigenvalue weighted by Gasteiger charge is 2.44. The number of carbonyl (C=O) groups is 1. The van der Waals surface area contributed by atoms with Crippen LogP contribution in [0.4, 0.5) is 0 Å². The molecule has 0 bridgehead atoms. The van der Waals surface area contributed by atoms with Gasteiger partial charge in [-0.25, -0.2) is 17.9 Å². The molecular weight excluding hydrogens is 310 g/mol. The lowest BCUT2D eigenvalue weighted by atomic mass is 9.95. The molecule has 7 nitrogen and oxygen atoms in total. The van der Waals surface area contributed by atoms with Crippen LogP contribution in [0.15, 0.2) is 29.2 Å². The Morgan fingerprint density at radius 2 is 1.91 bits per heavy atom. The van der Waals surface area contributed by atoms with E-state index < -0.39 is 34.2 Å². The predicted molar refractivity (Wildman–Crippen MR) is 79.6 cm³/mol. The molecule has 0 saturated carbocycles. The minimum Gasteiger partial charge on any atom is -0.467 e. The lowest BCUT2D eigenvalue weighted by Gasteiger charge is -2.29. The van der Waals surface area contributed by atoms with Gasteiger partial charge in [0.25, 0.3) is 0 Å². The molecule has 124 valence electrons. The van der Waals surface area contributed by atoms with Gasteiger partial charge in [0.2, 0.25) is 15.6 Å². The van der Waals surface area contributed by atoms with Crippen molar-refractivity contribution in [3.05, 3.63) is 29.8 Å². The van der Waals surface area contributed by atoms with Crippen molar-refractivity contribution in [2.75, 3.05) is 13.7 Å². The van der Waals surface area contributed by atoms with Crippen LogP contribution in [0, 0.1) is 6.92 Å². The molecule has 1 aromatic carbocycles. The number of esters is 1. The van der Waals surface area contributed by atoms with Crippen molar-refractivity contribution in [2.45, 2.75) is 36.9 Å². The summed E-state index contributed by atoms with van der Waals surface area (Å²) < 4.78 is 30.9. The molecule has 3 N–H and O–H groups in total. The van der Waals surface area contributed by atoms with E-state index in [0.717, 1.165) is 12.7 Å². The number of aryl methyl sites for hydroxylation is 1. The maximum atomic E-state index is 12.2. The number of ether oxygens (including phenoxy) is 1. The van der Waals surface area contributed by atoms with Crippen LogP contribution >= 0.6 is 0 Å². The maximum Gasteiger partial charge on any atom is 0.342 e. The Morgan fingerprint density at radius 3 is 2.36 bits per heavy atom. The van der Waals surface area contributed by atoms with Gasteiger partial charge in [0.1, 0.15) is 0 Å². The number of hydrogen-bond acceptors (Lipinski definition) is 6. The van der Waals surface area contributed by atoms with Gasteiger partial charge in [-0.05, 0) is 25.5 Å². The summed E-state index contributed by atoms with van der Waals surface area (Å²) in [6.45, 7) is 2.68. The van der Waals surface area contributed by atoms with Gasteiger partial charge in [0.05, 0.1) is 24.7 Å². The highest BCUT2D eigenvalue weighted by atomic mass is 32.2. The lowest BCUT2D eigenvalue weighted by molar-refractivity contribution is -0.174. The Bertz CT molecular complexity index is 613. The summed E-state index contributed by atoms with van der Waals surface area (Å²) in [6, 6.07) is 6.07. The Kier molecular flexibility index (Phi) is 6.07. The van der Waals surface area contributed by atoms with E-state index in [-0.39, 0.29) is 11.3 Å². The van der Waals surface area contributed by atoms with Crippen molar-refractivity contribution < 1.29 is 28.2 Å². The van der Waals surface area contributed by atoms with Crippen molar-refractivity contribution in [3.8, 4) is 0 Å². The van der Waals surface area contributed by atoms with Crippen molar-refractivity contribution in [1.82, 2.24) is 4.72 Å². The van der Waals surface area contributed by atoms with Gasteiger partial charge in [-0.3, -0.25) is 0 Å². The minimum atomic E-state index is -3.92. The van der Waals surface area contributed by atoms with Gasteiger partial charge < -0.3 is 14.9 Å². The fourth-order valence-electron chi connectivity index (χ4n) is 1.85. The largest absolute Gasteiger partial charge is 0.467 e. The fourth-order valence-corrected chi connectivity index (χ4v) is 2.92. The Balaban J connectivity index is 2.97. The van der Waals surface area contributed by atoms with Gasteiger partial charge in [0.15, 0.2) is 0 Å². The van der Waals surface area contributed by atoms with Gasteiger partial charge in [-0.1, -0.05) is 24.6 Å². The van der Waals surface area contributed by atoms with Crippen LogP contribution in [-0.2, 0) is 19.6 Å². The van der Waals surface area contributed by atoms with Gasteiger partial charge in [0, 0.05) is 0 Å². The van der Waals surface area contributed by atoms with E-state index in [0.29, 0.717) is 0 Å². The molecule has 0 aliphatic heterocycles. The SMILES string of the molecule is CC[C@H](O)[C@](O)(CNS(=O)(=O)c1ccc(C)cc1)C(=O)OC. The average molecular weight is 331 g/mol. The Morgan fingerprint density at radius 1 is 1.36 bits per heavy atom. The van der Waals surface area contributed by atoms with E-state index >= 15 is 0 Å². The second-order valence-electron chi connectivity index (χ2n) is 4.98. The van der Waals surface area contributed by atoms with Crippen LogP contribution < -0.4 is 4.72 Å². The number of nitrogens with one attached hydrogen (secondary N) is 1. The summed E-state index contributed by atoms with van der Waals surface area (Å²) in [6.07, 6.45) is -1.40. The zero-order valence-electron chi connectivity index (χ0n) is 12.7. The molecule has 22 heavy (non-hydrogen) atoms. The number of aliphatic hydroxyl groups is 2. The van der Waals surface area contributed by atoms with Crippen LogP contribution in [0.1, 0.15) is 18.9 Å². The van der Waals surface area contributed by atoms with Crippen molar-refractivity contribution in [1.29, 1.82) is 0 Å². The number of carbonyl (C=O) groups excluding carboxylic acids is 1. The molecule has 0 radical (unpaired) electrons. The molecule has 2 atom stereocenters. The van der Waals surface area contributed by atoms with Crippen LogP contribution in [0.3, 0.4) is 0 Å². The summed E-state index contributed by atoms with van der Waals surface area (Å²) in [4.78, 5) is 11.7. The van der Waals surface area contributed by atoms with Crippen molar-refractivity contribution >= 4 is 16.0 Å². The third kappa shape index (κ3) is 4.04. The Hall–Kier alpha value is -1.48. The summed E-state index contributed by atoms with van der Waals surface area (Å²) in [5.41, 5.74) is -1.45. The number of rotatable bonds is 7. The molecule has 0 fully saturated rings. The number of sulfonamides is 1. The van der Waals surface area contributed by atoms with Gasteiger partial charge in [-0.2, -0.15) is 0 Å². The molecule has 1 aromatic rings. The molecule has 0 aliphatic carbocycles. The third-order valence-corrected chi connectivity index (χ3v) is 4.76. The first-order valence-electron chi connectivity index (χ1n) is 6.72. The second-order valence-corrected chi connectivity index (χ2v) is 6.74. The van der Waals surface area contributed by atoms with E-state index in [4.69, 9.17) is 0 Å². The Labute approximate surface area is 130 Å². The van der Waals surface area contributed by atoms with Crippen LogP contribution in [-0.4, -0.2) is 50.0 Å². The molecule has 0 amide bonds. The quantitative estimate of drug-likeness (QED) is 0.604. The first-order chi connectivity index (χ1) is 10.2. The zero-order chi connectivity index (χ0) is 17.0. The van der Waals surface area contributed by atoms with Crippen LogP contribution in [0.5, 0.6) is 0 Å². The standard InChI is InChI=1S/C14H21NO6S/c1-4-12(16)14(18,13(17)21-3)9-15-22(19,20)11-7-5-10(2)6-8-11/h5-8,12,15-16,18H,4,9H2,1-3H3/t12-,14+/m0/s1. The van der Waals surface area contributed by atoms with E-state index in [1.807, 2.05) is 6.92 Å². The first kappa shape index (κ1) is 18.6. The topological polar surface area (TPSA) is 113 Å². The average Bonchev–Trinajstić information content (AvgIpc) is 2.51. The molecule has 0 saturated heterocycles. The molecular formula is C14H21NO6S. The van der Waals surface area contributed by atoms with Crippen molar-refractivity contribution in [3.63, 3.8) is 0 Å². The normalized spacial score (nSPS) is 15.9. The number of benzene rings is 1. The second kappa shape index (κ2) is 7.19.